The van der Waals surface area contributed by atoms with Crippen LogP contribution in [-0.4, -0.2) is 55.7 Å². The maximum Gasteiger partial charge on any atom is 0.328 e. The van der Waals surface area contributed by atoms with Crippen molar-refractivity contribution in [2.24, 2.45) is 11.8 Å². The van der Waals surface area contributed by atoms with E-state index in [-0.39, 0.29) is 18.0 Å². The Balaban J connectivity index is 1.35. The van der Waals surface area contributed by atoms with Crippen LogP contribution in [0.5, 0.6) is 0 Å². The second kappa shape index (κ2) is 11.6. The molecule has 2 aliphatic carbocycles. The fourth-order valence-corrected chi connectivity index (χ4v) is 6.78. The fraction of sp³-hybridized carbons (Fsp3) is 0.792. The zero-order chi connectivity index (χ0) is 24.9. The molecule has 0 spiro atoms. The Kier molecular flexibility index (Phi) is 9.01. The normalized spacial score (nSPS) is 28.1. The fourth-order valence-electron chi connectivity index (χ4n) is 5.41. The predicted octanol–water partition coefficient (Wildman–Crippen LogP) is 3.42. The van der Waals surface area contributed by atoms with Crippen molar-refractivity contribution < 1.29 is 22.8 Å². The standard InChI is InChI=1S/C24H40N4O5S/c1-4-21-17(3)15-28(22(21)29)24(31)25-14-13-18-7-11-20(12-8-18)34(32,33)27-23(30)26-19-9-5-16(2)6-10-19/h16,18-20H,4-15H2,1-3H3,(H,25,31)(H2,26,27,30). The summed E-state index contributed by atoms with van der Waals surface area (Å²) in [6.07, 6.45) is 7.68. The molecule has 5 amide bonds. The molecular weight excluding hydrogens is 456 g/mol. The van der Waals surface area contributed by atoms with E-state index in [0.717, 1.165) is 50.5 Å². The van der Waals surface area contributed by atoms with Crippen LogP contribution in [-0.2, 0) is 14.8 Å². The monoisotopic (exact) mass is 496 g/mol. The highest BCUT2D eigenvalue weighted by molar-refractivity contribution is 7.90. The lowest BCUT2D eigenvalue weighted by atomic mass is 9.87. The molecule has 9 nitrogen and oxygen atoms in total. The molecule has 0 aromatic carbocycles. The molecule has 1 heterocycles. The maximum absolute atomic E-state index is 12.7. The number of amides is 5. The smallest absolute Gasteiger partial charge is 0.328 e. The molecule has 1 aliphatic heterocycles. The van der Waals surface area contributed by atoms with Gasteiger partial charge in [-0.1, -0.05) is 13.8 Å². The number of nitrogens with zero attached hydrogens (tertiary/aromatic N) is 1. The molecule has 34 heavy (non-hydrogen) atoms. The largest absolute Gasteiger partial charge is 0.338 e. The summed E-state index contributed by atoms with van der Waals surface area (Å²) >= 11 is 0. The van der Waals surface area contributed by atoms with Gasteiger partial charge in [-0.3, -0.25) is 9.69 Å². The van der Waals surface area contributed by atoms with E-state index < -0.39 is 21.3 Å². The van der Waals surface area contributed by atoms with Crippen molar-refractivity contribution in [3.63, 3.8) is 0 Å². The van der Waals surface area contributed by atoms with Crippen molar-refractivity contribution in [1.29, 1.82) is 0 Å². The van der Waals surface area contributed by atoms with Crippen molar-refractivity contribution in [2.75, 3.05) is 13.1 Å². The molecule has 0 atom stereocenters. The van der Waals surface area contributed by atoms with Crippen molar-refractivity contribution in [3.8, 4) is 0 Å². The molecule has 0 bridgehead atoms. The summed E-state index contributed by atoms with van der Waals surface area (Å²) in [5, 5.41) is 5.08. The summed E-state index contributed by atoms with van der Waals surface area (Å²) in [4.78, 5) is 38.2. The number of urea groups is 2. The van der Waals surface area contributed by atoms with Gasteiger partial charge < -0.3 is 10.6 Å². The highest BCUT2D eigenvalue weighted by Gasteiger charge is 2.34. The first-order valence-corrected chi connectivity index (χ1v) is 14.3. The van der Waals surface area contributed by atoms with Crippen LogP contribution >= 0.6 is 0 Å². The lowest BCUT2D eigenvalue weighted by Gasteiger charge is -2.29. The van der Waals surface area contributed by atoms with Crippen LogP contribution in [0.3, 0.4) is 0 Å². The average Bonchev–Trinajstić information content (AvgIpc) is 3.08. The third kappa shape index (κ3) is 6.73. The van der Waals surface area contributed by atoms with Crippen LogP contribution < -0.4 is 15.4 Å². The van der Waals surface area contributed by atoms with Gasteiger partial charge in [-0.05, 0) is 88.5 Å². The molecule has 3 aliphatic rings. The lowest BCUT2D eigenvalue weighted by molar-refractivity contribution is -0.123. The second-order valence-electron chi connectivity index (χ2n) is 10.2. The average molecular weight is 497 g/mol. The van der Waals surface area contributed by atoms with E-state index in [4.69, 9.17) is 0 Å². The van der Waals surface area contributed by atoms with Crippen molar-refractivity contribution in [1.82, 2.24) is 20.3 Å². The number of nitrogens with one attached hydrogen (secondary N) is 3. The van der Waals surface area contributed by atoms with Crippen molar-refractivity contribution >= 4 is 28.0 Å². The van der Waals surface area contributed by atoms with E-state index in [2.05, 4.69) is 22.3 Å². The molecule has 10 heteroatoms. The van der Waals surface area contributed by atoms with Crippen molar-refractivity contribution in [3.05, 3.63) is 11.1 Å². The second-order valence-corrected chi connectivity index (χ2v) is 12.2. The lowest BCUT2D eigenvalue weighted by Crippen LogP contribution is -2.48. The Hall–Kier alpha value is -2.10. The van der Waals surface area contributed by atoms with Gasteiger partial charge in [0.25, 0.3) is 5.91 Å². The summed E-state index contributed by atoms with van der Waals surface area (Å²) in [5.41, 5.74) is 1.66. The van der Waals surface area contributed by atoms with Crippen LogP contribution in [0.4, 0.5) is 9.59 Å². The maximum atomic E-state index is 12.7. The SMILES string of the molecule is CCC1=C(C)CN(C(=O)NCCC2CCC(S(=O)(=O)NC(=O)NC3CCC(C)CC3)CC2)C1=O. The zero-order valence-corrected chi connectivity index (χ0v) is 21.5. The van der Waals surface area contributed by atoms with Crippen LogP contribution in [0, 0.1) is 11.8 Å². The summed E-state index contributed by atoms with van der Waals surface area (Å²) in [5.74, 6) is 0.758. The number of carbonyl (C=O) groups is 3. The minimum atomic E-state index is -3.71. The molecule has 0 unspecified atom stereocenters. The van der Waals surface area contributed by atoms with Crippen LogP contribution in [0.2, 0.25) is 0 Å². The quantitative estimate of drug-likeness (QED) is 0.498. The first kappa shape index (κ1) is 26.5. The third-order valence-corrected chi connectivity index (χ3v) is 9.48. The van der Waals surface area contributed by atoms with E-state index in [1.807, 2.05) is 13.8 Å². The molecular formula is C24H40N4O5S. The van der Waals surface area contributed by atoms with Crippen LogP contribution in [0.25, 0.3) is 0 Å². The van der Waals surface area contributed by atoms with Gasteiger partial charge in [0.1, 0.15) is 0 Å². The number of imide groups is 1. The summed E-state index contributed by atoms with van der Waals surface area (Å²) < 4.78 is 27.6. The Morgan fingerprint density at radius 1 is 1.03 bits per heavy atom. The van der Waals surface area contributed by atoms with E-state index in [0.29, 0.717) is 49.8 Å². The highest BCUT2D eigenvalue weighted by atomic mass is 32.2. The molecule has 2 saturated carbocycles. The van der Waals surface area contributed by atoms with Gasteiger partial charge in [0.2, 0.25) is 10.0 Å². The third-order valence-electron chi connectivity index (χ3n) is 7.66. The number of hydrogen-bond donors (Lipinski definition) is 3. The Bertz CT molecular complexity index is 900. The topological polar surface area (TPSA) is 125 Å². The zero-order valence-electron chi connectivity index (χ0n) is 20.7. The Labute approximate surface area is 203 Å². The van der Waals surface area contributed by atoms with Crippen molar-refractivity contribution in [2.45, 2.75) is 96.3 Å². The molecule has 3 rings (SSSR count). The predicted molar refractivity (Wildman–Crippen MR) is 130 cm³/mol. The molecule has 0 saturated heterocycles. The molecule has 0 radical (unpaired) electrons. The van der Waals surface area contributed by atoms with Gasteiger partial charge >= 0.3 is 12.1 Å². The van der Waals surface area contributed by atoms with Gasteiger partial charge in [0.05, 0.1) is 11.8 Å². The molecule has 2 fully saturated rings. The van der Waals surface area contributed by atoms with E-state index in [1.165, 1.54) is 4.90 Å². The summed E-state index contributed by atoms with van der Waals surface area (Å²) in [6, 6.07) is -0.940. The number of carbonyl (C=O) groups excluding carboxylic acids is 3. The van der Waals surface area contributed by atoms with Gasteiger partial charge in [-0.25, -0.2) is 22.7 Å². The van der Waals surface area contributed by atoms with E-state index in [9.17, 15) is 22.8 Å². The molecule has 3 N–H and O–H groups in total. The highest BCUT2D eigenvalue weighted by Crippen LogP contribution is 2.30. The summed E-state index contributed by atoms with van der Waals surface area (Å²) in [6.45, 7) is 6.78. The molecule has 192 valence electrons. The van der Waals surface area contributed by atoms with Crippen LogP contribution in [0.1, 0.15) is 85.0 Å². The Morgan fingerprint density at radius 3 is 2.26 bits per heavy atom. The number of rotatable bonds is 7. The van der Waals surface area contributed by atoms with Crippen LogP contribution in [0.15, 0.2) is 11.1 Å². The van der Waals surface area contributed by atoms with Gasteiger partial charge in [0, 0.05) is 18.2 Å². The number of hydrogen-bond acceptors (Lipinski definition) is 5. The van der Waals surface area contributed by atoms with Gasteiger partial charge in [0.15, 0.2) is 0 Å². The first-order chi connectivity index (χ1) is 16.1. The minimum Gasteiger partial charge on any atom is -0.338 e. The Morgan fingerprint density at radius 2 is 1.68 bits per heavy atom. The van der Waals surface area contributed by atoms with E-state index >= 15 is 0 Å². The molecule has 0 aromatic heterocycles. The van der Waals surface area contributed by atoms with E-state index in [1.54, 1.807) is 0 Å². The first-order valence-electron chi connectivity index (χ1n) is 12.7. The minimum absolute atomic E-state index is 0.0430. The van der Waals surface area contributed by atoms with Gasteiger partial charge in [-0.15, -0.1) is 0 Å². The van der Waals surface area contributed by atoms with Gasteiger partial charge in [-0.2, -0.15) is 0 Å². The number of sulfonamides is 1. The molecule has 0 aromatic rings. The summed E-state index contributed by atoms with van der Waals surface area (Å²) in [7, 11) is -3.71.